The molecule has 0 aromatic heterocycles. The minimum atomic E-state index is -6.00. The highest BCUT2D eigenvalue weighted by molar-refractivity contribution is 6.50. The van der Waals surface area contributed by atoms with E-state index < -0.39 is 27.4 Å². The fourth-order valence-corrected chi connectivity index (χ4v) is 1.92. The Hall–Kier alpha value is -1.42. The number of hydrogen-bond donors (Lipinski definition) is 0. The van der Waals surface area contributed by atoms with Gasteiger partial charge in [-0.15, -0.1) is 0 Å². The number of likely N-dealkylation sites (N-methyl/N-ethyl adjacent to an activating group) is 1. The minimum absolute atomic E-state index is 0.174. The van der Waals surface area contributed by atoms with Gasteiger partial charge < -0.3 is 66.3 Å². The predicted octanol–water partition coefficient (Wildman–Crippen LogP) is 5.85. The summed E-state index contributed by atoms with van der Waals surface area (Å²) < 4.78 is 122. The maximum atomic E-state index is 12.0. The second kappa shape index (κ2) is 13.9. The molecule has 0 saturated carbocycles. The van der Waals surface area contributed by atoms with Crippen LogP contribution in [0.3, 0.4) is 0 Å². The third kappa shape index (κ3) is 39.6. The Bertz CT molecular complexity index is 451. The Morgan fingerprint density at radius 1 is 0.839 bits per heavy atom. The Balaban J connectivity index is -0.000000428. The maximum absolute atomic E-state index is 12.0. The summed E-state index contributed by atoms with van der Waals surface area (Å²) in [5, 5.41) is 0. The SMILES string of the molecule is CCC1CN(C)CCN1C(=O)OC(C)(C)C.F[B-](F)(F)F.F[B-](F)(F)F.F[B-](F)(F)F. The summed E-state index contributed by atoms with van der Waals surface area (Å²) in [6.07, 6.45) is 0.802. The summed E-state index contributed by atoms with van der Waals surface area (Å²) in [6, 6.07) is 0.286. The van der Waals surface area contributed by atoms with E-state index in [1.165, 1.54) is 0 Å². The summed E-state index contributed by atoms with van der Waals surface area (Å²) in [7, 11) is -15.9. The van der Waals surface area contributed by atoms with E-state index in [1.807, 2.05) is 25.7 Å². The van der Waals surface area contributed by atoms with Crippen molar-refractivity contribution in [1.29, 1.82) is 0 Å². The fourth-order valence-electron chi connectivity index (χ4n) is 1.92. The van der Waals surface area contributed by atoms with Gasteiger partial charge in [0, 0.05) is 25.7 Å². The molecule has 0 aromatic carbocycles. The molecule has 1 unspecified atom stereocenters. The van der Waals surface area contributed by atoms with E-state index in [0.29, 0.717) is 0 Å². The normalized spacial score (nSPS) is 17.8. The fraction of sp³-hybridized carbons (Fsp3) is 0.917. The lowest BCUT2D eigenvalue weighted by Crippen LogP contribution is -2.54. The van der Waals surface area contributed by atoms with Crippen LogP contribution in [0.25, 0.3) is 0 Å². The van der Waals surface area contributed by atoms with Crippen molar-refractivity contribution >= 4 is 27.9 Å². The third-order valence-electron chi connectivity index (χ3n) is 2.79. The van der Waals surface area contributed by atoms with E-state index in [4.69, 9.17) is 4.74 Å². The van der Waals surface area contributed by atoms with Gasteiger partial charge in [-0.25, -0.2) is 4.79 Å². The molecule has 1 aliphatic rings. The average molecular weight is 489 g/mol. The lowest BCUT2D eigenvalue weighted by atomic mass is 10.1. The molecule has 1 amide bonds. The maximum Gasteiger partial charge on any atom is 0.673 e. The van der Waals surface area contributed by atoms with Crippen molar-refractivity contribution in [3.05, 3.63) is 0 Å². The number of halogens is 12. The van der Waals surface area contributed by atoms with Crippen LogP contribution in [0.1, 0.15) is 34.1 Å². The van der Waals surface area contributed by atoms with Gasteiger partial charge in [0.05, 0.1) is 0 Å². The standard InChI is InChI=1S/C12H24N2O2.3BF4/c1-6-10-9-13(5)7-8-14(10)11(15)16-12(2,3)4;3*2-1(3,4)5/h10H,6-9H2,1-5H3;;;/q;3*-1. The number of carbonyl (C=O) groups excluding carboxylic acids is 1. The van der Waals surface area contributed by atoms with E-state index in [-0.39, 0.29) is 12.1 Å². The first-order valence-corrected chi connectivity index (χ1v) is 8.63. The predicted molar refractivity (Wildman–Crippen MR) is 95.1 cm³/mol. The molecule has 1 rings (SSSR count). The van der Waals surface area contributed by atoms with Crippen LogP contribution < -0.4 is 0 Å². The molecule has 0 N–H and O–H groups in total. The van der Waals surface area contributed by atoms with Crippen molar-refractivity contribution in [2.75, 3.05) is 26.7 Å². The monoisotopic (exact) mass is 489 g/mol. The second-order valence-electron chi connectivity index (χ2n) is 6.98. The molecule has 31 heavy (non-hydrogen) atoms. The van der Waals surface area contributed by atoms with E-state index in [1.54, 1.807) is 0 Å². The van der Waals surface area contributed by atoms with Crippen molar-refractivity contribution in [1.82, 2.24) is 9.80 Å². The molecule has 19 heteroatoms. The Morgan fingerprint density at radius 3 is 1.42 bits per heavy atom. The molecule has 0 radical (unpaired) electrons. The van der Waals surface area contributed by atoms with Gasteiger partial charge in [0.25, 0.3) is 0 Å². The molecule has 0 spiro atoms. The van der Waals surface area contributed by atoms with Crippen LogP contribution in [0.5, 0.6) is 0 Å². The number of amides is 1. The molecule has 0 aliphatic carbocycles. The minimum Gasteiger partial charge on any atom is -0.444 e. The van der Waals surface area contributed by atoms with Gasteiger partial charge >= 0.3 is 27.9 Å². The van der Waals surface area contributed by atoms with Gasteiger partial charge in [-0.2, -0.15) is 0 Å². The molecule has 1 atom stereocenters. The number of ether oxygens (including phenoxy) is 1. The smallest absolute Gasteiger partial charge is 0.444 e. The van der Waals surface area contributed by atoms with E-state index in [2.05, 4.69) is 18.9 Å². The molecular weight excluding hydrogens is 465 g/mol. The summed E-state index contributed by atoms with van der Waals surface area (Å²) in [4.78, 5) is 16.1. The molecule has 1 heterocycles. The third-order valence-corrected chi connectivity index (χ3v) is 2.79. The quantitative estimate of drug-likeness (QED) is 0.343. The van der Waals surface area contributed by atoms with Crippen molar-refractivity contribution < 1.29 is 61.3 Å². The Morgan fingerprint density at radius 2 is 1.16 bits per heavy atom. The van der Waals surface area contributed by atoms with Gasteiger partial charge in [0.2, 0.25) is 0 Å². The number of piperazine rings is 1. The molecular formula is C12H24B3F12N2O2-3. The summed E-state index contributed by atoms with van der Waals surface area (Å²) in [6.45, 7) is 10.5. The van der Waals surface area contributed by atoms with Gasteiger partial charge in [0.1, 0.15) is 5.60 Å². The number of hydrogen-bond acceptors (Lipinski definition) is 3. The number of nitrogens with zero attached hydrogens (tertiary/aromatic N) is 2. The van der Waals surface area contributed by atoms with Crippen molar-refractivity contribution in [2.45, 2.75) is 45.8 Å². The Kier molecular flexibility index (Phi) is 15.3. The number of rotatable bonds is 1. The van der Waals surface area contributed by atoms with Crippen molar-refractivity contribution in [3.63, 3.8) is 0 Å². The van der Waals surface area contributed by atoms with Crippen LogP contribution in [-0.4, -0.2) is 76.0 Å². The molecule has 4 nitrogen and oxygen atoms in total. The van der Waals surface area contributed by atoms with Crippen LogP contribution in [-0.2, 0) is 4.74 Å². The highest BCUT2D eigenvalue weighted by Crippen LogP contribution is 2.16. The largest absolute Gasteiger partial charge is 0.673 e. The first-order chi connectivity index (χ1) is 13.3. The average Bonchev–Trinajstić information content (AvgIpc) is 2.39. The summed E-state index contributed by atoms with van der Waals surface area (Å²) in [5.41, 5.74) is -0.404. The highest BCUT2D eigenvalue weighted by atomic mass is 19.5. The van der Waals surface area contributed by atoms with Gasteiger partial charge in [-0.05, 0) is 34.2 Å². The first-order valence-electron chi connectivity index (χ1n) is 8.63. The molecule has 190 valence electrons. The van der Waals surface area contributed by atoms with Crippen LogP contribution in [0, 0.1) is 0 Å². The van der Waals surface area contributed by atoms with Gasteiger partial charge in [-0.3, -0.25) is 0 Å². The van der Waals surface area contributed by atoms with E-state index in [0.717, 1.165) is 26.1 Å². The van der Waals surface area contributed by atoms with E-state index >= 15 is 0 Å². The van der Waals surface area contributed by atoms with Crippen LogP contribution in [0.4, 0.5) is 56.6 Å². The molecule has 0 aromatic rings. The molecule has 1 saturated heterocycles. The number of carbonyl (C=O) groups is 1. The van der Waals surface area contributed by atoms with Gasteiger partial charge in [-0.1, -0.05) is 6.92 Å². The van der Waals surface area contributed by atoms with E-state index in [9.17, 15) is 56.6 Å². The molecule has 0 bridgehead atoms. The summed E-state index contributed by atoms with van der Waals surface area (Å²) >= 11 is 0. The van der Waals surface area contributed by atoms with Crippen LogP contribution in [0.15, 0.2) is 0 Å². The van der Waals surface area contributed by atoms with Crippen LogP contribution in [0.2, 0.25) is 0 Å². The Labute approximate surface area is 172 Å². The van der Waals surface area contributed by atoms with Crippen molar-refractivity contribution in [2.24, 2.45) is 0 Å². The lowest BCUT2D eigenvalue weighted by Gasteiger charge is -2.40. The molecule has 1 aliphatic heterocycles. The molecule has 1 fully saturated rings. The summed E-state index contributed by atoms with van der Waals surface area (Å²) in [5.74, 6) is 0. The topological polar surface area (TPSA) is 32.8 Å². The van der Waals surface area contributed by atoms with Crippen LogP contribution >= 0.6 is 0 Å². The van der Waals surface area contributed by atoms with Gasteiger partial charge in [0.15, 0.2) is 0 Å². The zero-order chi connectivity index (χ0) is 25.8. The lowest BCUT2D eigenvalue weighted by molar-refractivity contribution is 0.00100. The zero-order valence-corrected chi connectivity index (χ0v) is 17.4. The first kappa shape index (κ1) is 34.2. The van der Waals surface area contributed by atoms with Crippen molar-refractivity contribution in [3.8, 4) is 0 Å². The highest BCUT2D eigenvalue weighted by Gasteiger charge is 2.31. The zero-order valence-electron chi connectivity index (χ0n) is 17.4. The second-order valence-corrected chi connectivity index (χ2v) is 6.98.